The molecular weight excluding hydrogens is 324 g/mol. The fourth-order valence-corrected chi connectivity index (χ4v) is 2.85. The van der Waals surface area contributed by atoms with Crippen LogP contribution in [0.2, 0.25) is 0 Å². The fraction of sp³-hybridized carbons (Fsp3) is 0.429. The summed E-state index contributed by atoms with van der Waals surface area (Å²) < 4.78 is 6.22. The fourth-order valence-electron chi connectivity index (χ4n) is 2.23. The van der Waals surface area contributed by atoms with E-state index in [-0.39, 0.29) is 11.9 Å². The van der Waals surface area contributed by atoms with Gasteiger partial charge < -0.3 is 15.0 Å². The van der Waals surface area contributed by atoms with Crippen molar-refractivity contribution in [1.29, 1.82) is 0 Å². The van der Waals surface area contributed by atoms with Crippen LogP contribution in [0.15, 0.2) is 22.7 Å². The van der Waals surface area contributed by atoms with Crippen molar-refractivity contribution in [3.05, 3.63) is 28.2 Å². The zero-order valence-electron chi connectivity index (χ0n) is 11.3. The largest absolute Gasteiger partial charge is 0.377 e. The molecule has 0 spiro atoms. The lowest BCUT2D eigenvalue weighted by molar-refractivity contribution is -0.124. The number of likely N-dealkylation sites (N-methyl/N-ethyl adjacent to an activating group) is 1. The topological polar surface area (TPSA) is 58.6 Å². The van der Waals surface area contributed by atoms with Crippen molar-refractivity contribution in [3.63, 3.8) is 0 Å². The van der Waals surface area contributed by atoms with Crippen molar-refractivity contribution in [2.45, 2.75) is 13.0 Å². The van der Waals surface area contributed by atoms with Gasteiger partial charge in [0.25, 0.3) is 0 Å². The SMILES string of the molecule is CCNC(=O)C1COCCN1c1ccc(C=O)cc1Br. The molecular formula is C14H17BrN2O3. The first-order chi connectivity index (χ1) is 9.67. The van der Waals surface area contributed by atoms with Gasteiger partial charge >= 0.3 is 0 Å². The van der Waals surface area contributed by atoms with Crippen LogP contribution in [0, 0.1) is 0 Å². The zero-order valence-corrected chi connectivity index (χ0v) is 12.9. The molecule has 1 fully saturated rings. The Morgan fingerprint density at radius 1 is 1.60 bits per heavy atom. The molecule has 1 unspecified atom stereocenters. The van der Waals surface area contributed by atoms with Crippen molar-refractivity contribution in [2.75, 3.05) is 31.2 Å². The predicted molar refractivity (Wildman–Crippen MR) is 80.2 cm³/mol. The van der Waals surface area contributed by atoms with Gasteiger partial charge in [-0.3, -0.25) is 9.59 Å². The number of morpholine rings is 1. The number of benzene rings is 1. The number of nitrogens with one attached hydrogen (secondary N) is 1. The maximum absolute atomic E-state index is 12.1. The van der Waals surface area contributed by atoms with Gasteiger partial charge in [0, 0.05) is 23.1 Å². The summed E-state index contributed by atoms with van der Waals surface area (Å²) in [4.78, 5) is 24.9. The Morgan fingerprint density at radius 3 is 3.05 bits per heavy atom. The molecule has 0 aromatic heterocycles. The summed E-state index contributed by atoms with van der Waals surface area (Å²) in [5.74, 6) is -0.0430. The first-order valence-electron chi connectivity index (χ1n) is 6.54. The van der Waals surface area contributed by atoms with Crippen LogP contribution < -0.4 is 10.2 Å². The van der Waals surface area contributed by atoms with Crippen LogP contribution >= 0.6 is 15.9 Å². The van der Waals surface area contributed by atoms with Gasteiger partial charge in [0.05, 0.1) is 18.9 Å². The van der Waals surface area contributed by atoms with E-state index in [0.29, 0.717) is 31.9 Å². The summed E-state index contributed by atoms with van der Waals surface area (Å²) in [5, 5.41) is 2.82. The molecule has 5 nitrogen and oxygen atoms in total. The van der Waals surface area contributed by atoms with E-state index in [1.165, 1.54) is 0 Å². The van der Waals surface area contributed by atoms with Crippen LogP contribution in [0.25, 0.3) is 0 Å². The lowest BCUT2D eigenvalue weighted by Gasteiger charge is -2.36. The third kappa shape index (κ3) is 3.19. The van der Waals surface area contributed by atoms with E-state index in [9.17, 15) is 9.59 Å². The summed E-state index contributed by atoms with van der Waals surface area (Å²) in [6, 6.07) is 5.01. The molecule has 1 saturated heterocycles. The Bertz CT molecular complexity index is 507. The van der Waals surface area contributed by atoms with Crippen LogP contribution in [0.4, 0.5) is 5.69 Å². The number of carbonyl (C=O) groups excluding carboxylic acids is 2. The number of halogens is 1. The Hall–Kier alpha value is -1.40. The standard InChI is InChI=1S/C14H17BrN2O3/c1-2-16-14(19)13-9-20-6-5-17(13)12-4-3-10(8-18)7-11(12)15/h3-4,7-8,13H,2,5-6,9H2,1H3,(H,16,19). The predicted octanol–water partition coefficient (Wildman–Crippen LogP) is 1.60. The Labute approximate surface area is 126 Å². The summed E-state index contributed by atoms with van der Waals surface area (Å²) in [6.45, 7) is 4.07. The van der Waals surface area contributed by atoms with Gasteiger partial charge in [0.2, 0.25) is 5.91 Å². The first kappa shape index (κ1) is 15.0. The van der Waals surface area contributed by atoms with Gasteiger partial charge in [-0.2, -0.15) is 0 Å². The van der Waals surface area contributed by atoms with Crippen molar-refractivity contribution in [3.8, 4) is 0 Å². The van der Waals surface area contributed by atoms with Crippen LogP contribution in [-0.2, 0) is 9.53 Å². The van der Waals surface area contributed by atoms with Crippen molar-refractivity contribution < 1.29 is 14.3 Å². The number of nitrogens with zero attached hydrogens (tertiary/aromatic N) is 1. The maximum atomic E-state index is 12.1. The van der Waals surface area contributed by atoms with Gasteiger partial charge in [-0.15, -0.1) is 0 Å². The minimum absolute atomic E-state index is 0.0430. The molecule has 1 aromatic rings. The molecule has 1 N–H and O–H groups in total. The second-order valence-electron chi connectivity index (χ2n) is 4.51. The minimum atomic E-state index is -0.345. The second kappa shape index (κ2) is 6.85. The third-order valence-electron chi connectivity index (χ3n) is 3.20. The summed E-state index contributed by atoms with van der Waals surface area (Å²) >= 11 is 3.47. The van der Waals surface area contributed by atoms with Crippen molar-refractivity contribution in [2.24, 2.45) is 0 Å². The Morgan fingerprint density at radius 2 is 2.40 bits per heavy atom. The molecule has 1 aliphatic heterocycles. The highest BCUT2D eigenvalue weighted by Gasteiger charge is 2.30. The molecule has 1 amide bonds. The smallest absolute Gasteiger partial charge is 0.245 e. The van der Waals surface area contributed by atoms with Gasteiger partial charge in [-0.25, -0.2) is 0 Å². The maximum Gasteiger partial charge on any atom is 0.245 e. The molecule has 20 heavy (non-hydrogen) atoms. The number of rotatable bonds is 4. The van der Waals surface area contributed by atoms with Crippen LogP contribution in [0.1, 0.15) is 17.3 Å². The zero-order chi connectivity index (χ0) is 14.5. The lowest BCUT2D eigenvalue weighted by Crippen LogP contribution is -2.54. The van der Waals surface area contributed by atoms with E-state index < -0.39 is 0 Å². The number of amides is 1. The number of anilines is 1. The van der Waals surface area contributed by atoms with Gasteiger partial charge in [0.1, 0.15) is 12.3 Å². The normalized spacial score (nSPS) is 18.7. The molecule has 1 atom stereocenters. The van der Waals surface area contributed by atoms with Crippen LogP contribution in [0.5, 0.6) is 0 Å². The van der Waals surface area contributed by atoms with Crippen molar-refractivity contribution in [1.82, 2.24) is 5.32 Å². The average molecular weight is 341 g/mol. The van der Waals surface area contributed by atoms with E-state index >= 15 is 0 Å². The highest BCUT2D eigenvalue weighted by atomic mass is 79.9. The average Bonchev–Trinajstić information content (AvgIpc) is 2.47. The molecule has 0 bridgehead atoms. The summed E-state index contributed by atoms with van der Waals surface area (Å²) in [6.07, 6.45) is 0.801. The van der Waals surface area contributed by atoms with Gasteiger partial charge in [-0.05, 0) is 41.1 Å². The van der Waals surface area contributed by atoms with E-state index in [1.807, 2.05) is 17.9 Å². The van der Waals surface area contributed by atoms with Gasteiger partial charge in [0.15, 0.2) is 0 Å². The van der Waals surface area contributed by atoms with Gasteiger partial charge in [-0.1, -0.05) is 0 Å². The number of hydrogen-bond acceptors (Lipinski definition) is 4. The number of hydrogen-bond donors (Lipinski definition) is 1. The van der Waals surface area contributed by atoms with E-state index in [1.54, 1.807) is 12.1 Å². The monoisotopic (exact) mass is 340 g/mol. The quantitative estimate of drug-likeness (QED) is 0.846. The molecule has 6 heteroatoms. The highest BCUT2D eigenvalue weighted by molar-refractivity contribution is 9.10. The van der Waals surface area contributed by atoms with E-state index in [4.69, 9.17) is 4.74 Å². The van der Waals surface area contributed by atoms with Crippen molar-refractivity contribution >= 4 is 33.8 Å². The molecule has 1 aliphatic rings. The molecule has 2 rings (SSSR count). The molecule has 0 aliphatic carbocycles. The summed E-state index contributed by atoms with van der Waals surface area (Å²) in [5.41, 5.74) is 1.50. The van der Waals surface area contributed by atoms with Crippen LogP contribution in [0.3, 0.4) is 0 Å². The Balaban J connectivity index is 2.27. The number of carbonyl (C=O) groups is 2. The molecule has 1 aromatic carbocycles. The minimum Gasteiger partial charge on any atom is -0.377 e. The second-order valence-corrected chi connectivity index (χ2v) is 5.36. The highest BCUT2D eigenvalue weighted by Crippen LogP contribution is 2.29. The molecule has 0 radical (unpaired) electrons. The number of ether oxygens (including phenoxy) is 1. The Kier molecular flexibility index (Phi) is 5.14. The molecule has 1 heterocycles. The first-order valence-corrected chi connectivity index (χ1v) is 7.33. The summed E-state index contributed by atoms with van der Waals surface area (Å²) in [7, 11) is 0. The molecule has 108 valence electrons. The van der Waals surface area contributed by atoms with E-state index in [2.05, 4.69) is 21.2 Å². The molecule has 0 saturated carbocycles. The lowest BCUT2D eigenvalue weighted by atomic mass is 10.1. The number of aldehydes is 1. The third-order valence-corrected chi connectivity index (χ3v) is 3.83. The van der Waals surface area contributed by atoms with E-state index in [0.717, 1.165) is 16.4 Å². The van der Waals surface area contributed by atoms with Crippen LogP contribution in [-0.4, -0.2) is 44.5 Å².